The highest BCUT2D eigenvalue weighted by Gasteiger charge is 2.43. The Morgan fingerprint density at radius 3 is 2.36 bits per heavy atom. The van der Waals surface area contributed by atoms with Crippen molar-refractivity contribution in [2.45, 2.75) is 18.2 Å². The van der Waals surface area contributed by atoms with Crippen molar-refractivity contribution >= 4 is 23.5 Å². The van der Waals surface area contributed by atoms with Gasteiger partial charge in [0.05, 0.1) is 19.3 Å². The number of nitrogens with one attached hydrogen (secondary N) is 1. The lowest BCUT2D eigenvalue weighted by Crippen LogP contribution is -2.38. The maximum absolute atomic E-state index is 11.7. The molecule has 19 heteroatoms. The third-order valence-corrected chi connectivity index (χ3v) is 7.09. The summed E-state index contributed by atoms with van der Waals surface area (Å²) in [7, 11) is -16.6. The minimum absolute atomic E-state index is 0.252. The summed E-state index contributed by atoms with van der Waals surface area (Å²) in [5.74, 6) is 0. The average Bonchev–Trinajstić information content (AvgIpc) is 2.82. The van der Waals surface area contributed by atoms with Crippen LogP contribution in [0, 0.1) is 0 Å². The molecule has 0 saturated carbocycles. The number of H-pyrrole nitrogens is 1. The molecule has 1 aromatic rings. The van der Waals surface area contributed by atoms with Crippen LogP contribution < -0.4 is 11.2 Å². The summed E-state index contributed by atoms with van der Waals surface area (Å²) in [6.45, 7) is -1.13. The maximum Gasteiger partial charge on any atom is 0.490 e. The number of phosphoric ester groups is 1. The van der Waals surface area contributed by atoms with E-state index in [1.54, 1.807) is 0 Å². The molecular formula is C9H15N2O14P3. The van der Waals surface area contributed by atoms with Gasteiger partial charge in [-0.1, -0.05) is 0 Å². The Hall–Kier alpha value is -0.990. The molecule has 2 heterocycles. The lowest BCUT2D eigenvalue weighted by atomic mass is 10.1. The van der Waals surface area contributed by atoms with Crippen LogP contribution in [-0.4, -0.2) is 59.7 Å². The normalized spacial score (nSPS) is 27.2. The zero-order chi connectivity index (χ0) is 21.3. The summed E-state index contributed by atoms with van der Waals surface area (Å²) >= 11 is 0. The van der Waals surface area contributed by atoms with Crippen molar-refractivity contribution < 1.29 is 56.3 Å². The van der Waals surface area contributed by atoms with E-state index in [1.807, 2.05) is 4.98 Å². The van der Waals surface area contributed by atoms with Gasteiger partial charge < -0.3 is 29.4 Å². The van der Waals surface area contributed by atoms with Crippen LogP contribution >= 0.6 is 23.5 Å². The summed E-state index contributed by atoms with van der Waals surface area (Å²) in [5, 5.41) is 10.2. The van der Waals surface area contributed by atoms with Gasteiger partial charge in [0, 0.05) is 12.3 Å². The van der Waals surface area contributed by atoms with Gasteiger partial charge in [-0.15, -0.1) is 0 Å². The molecule has 2 unspecified atom stereocenters. The largest absolute Gasteiger partial charge is 0.490 e. The summed E-state index contributed by atoms with van der Waals surface area (Å²) in [6, 6.07) is 0.0342. The molecule has 0 spiro atoms. The van der Waals surface area contributed by atoms with Gasteiger partial charge >= 0.3 is 29.2 Å². The number of nitrogens with zero attached hydrogens (tertiary/aromatic N) is 1. The van der Waals surface area contributed by atoms with Crippen molar-refractivity contribution in [1.82, 2.24) is 9.55 Å². The molecule has 1 fully saturated rings. The molecule has 1 aromatic heterocycles. The fraction of sp³-hybridized carbons (Fsp3) is 0.556. The second-order valence-corrected chi connectivity index (χ2v) is 9.75. The van der Waals surface area contributed by atoms with Crippen molar-refractivity contribution in [3.8, 4) is 0 Å². The average molecular weight is 468 g/mol. The zero-order valence-corrected chi connectivity index (χ0v) is 16.2. The van der Waals surface area contributed by atoms with E-state index in [0.29, 0.717) is 0 Å². The Balaban J connectivity index is 2.00. The second-order valence-electron chi connectivity index (χ2n) is 5.33. The first-order valence-corrected chi connectivity index (χ1v) is 11.6. The molecule has 2 rings (SSSR count). The van der Waals surface area contributed by atoms with Crippen LogP contribution in [0.2, 0.25) is 0 Å². The SMILES string of the molecule is O=c1ccn([C@H]2CO[C@@H](COP(=O)(O)OP(=O)(O)OP(=O)(O)O)[C@@H]2O)c(=O)[nH]1. The van der Waals surface area contributed by atoms with Crippen LogP contribution in [0.3, 0.4) is 0 Å². The highest BCUT2D eigenvalue weighted by Crippen LogP contribution is 2.66. The van der Waals surface area contributed by atoms with E-state index in [0.717, 1.165) is 16.8 Å². The second kappa shape index (κ2) is 8.40. The molecule has 1 aliphatic heterocycles. The van der Waals surface area contributed by atoms with Crippen LogP contribution in [0.5, 0.6) is 0 Å². The Bertz CT molecular complexity index is 965. The number of aromatic amines is 1. The molecule has 160 valence electrons. The van der Waals surface area contributed by atoms with Crippen molar-refractivity contribution in [1.29, 1.82) is 0 Å². The number of hydrogen-bond acceptors (Lipinski definition) is 10. The Labute approximate surface area is 154 Å². The Kier molecular flexibility index (Phi) is 6.99. The number of hydrogen-bond donors (Lipinski definition) is 6. The van der Waals surface area contributed by atoms with Gasteiger partial charge in [0.25, 0.3) is 5.56 Å². The highest BCUT2D eigenvalue weighted by molar-refractivity contribution is 7.66. The van der Waals surface area contributed by atoms with E-state index in [2.05, 4.69) is 13.1 Å². The summed E-state index contributed by atoms with van der Waals surface area (Å²) in [6.07, 6.45) is -1.66. The van der Waals surface area contributed by atoms with E-state index in [9.17, 15) is 33.3 Å². The van der Waals surface area contributed by atoms with Crippen LogP contribution in [0.1, 0.15) is 6.04 Å². The Morgan fingerprint density at radius 1 is 1.14 bits per heavy atom. The number of phosphoric acid groups is 3. The first-order valence-electron chi connectivity index (χ1n) is 7.09. The van der Waals surface area contributed by atoms with Crippen LogP contribution in [0.15, 0.2) is 21.9 Å². The molecule has 0 bridgehead atoms. The summed E-state index contributed by atoms with van der Waals surface area (Å²) < 4.78 is 50.9. The van der Waals surface area contributed by atoms with E-state index < -0.39 is 59.6 Å². The zero-order valence-electron chi connectivity index (χ0n) is 13.5. The fourth-order valence-corrected chi connectivity index (χ4v) is 5.25. The number of aliphatic hydroxyl groups excluding tert-OH is 1. The molecule has 0 aliphatic carbocycles. The lowest BCUT2D eigenvalue weighted by molar-refractivity contribution is 0.00157. The molecule has 0 amide bonds. The van der Waals surface area contributed by atoms with E-state index in [4.69, 9.17) is 19.4 Å². The van der Waals surface area contributed by atoms with Gasteiger partial charge in [-0.2, -0.15) is 8.62 Å². The molecule has 28 heavy (non-hydrogen) atoms. The van der Waals surface area contributed by atoms with Gasteiger partial charge in [0.15, 0.2) is 0 Å². The first kappa shape index (κ1) is 23.3. The number of aliphatic hydroxyl groups is 1. The minimum Gasteiger partial charge on any atom is -0.388 e. The van der Waals surface area contributed by atoms with E-state index in [-0.39, 0.29) is 6.61 Å². The summed E-state index contributed by atoms with van der Waals surface area (Å²) in [4.78, 5) is 60.0. The molecule has 5 atom stereocenters. The molecule has 0 aromatic carbocycles. The molecular weight excluding hydrogens is 453 g/mol. The number of aromatic nitrogens is 2. The lowest BCUT2D eigenvalue weighted by Gasteiger charge is -2.20. The number of rotatable bonds is 8. The van der Waals surface area contributed by atoms with Gasteiger partial charge in [0.2, 0.25) is 0 Å². The highest BCUT2D eigenvalue weighted by atomic mass is 31.3. The molecule has 16 nitrogen and oxygen atoms in total. The summed E-state index contributed by atoms with van der Waals surface area (Å²) in [5.41, 5.74) is -1.51. The predicted octanol–water partition coefficient (Wildman–Crippen LogP) is -1.82. The number of ether oxygens (including phenoxy) is 1. The van der Waals surface area contributed by atoms with Gasteiger partial charge in [-0.3, -0.25) is 18.9 Å². The topological polar surface area (TPSA) is 244 Å². The standard InChI is InChI=1S/C9H15N2O14P3/c12-7-1-2-11(9(14)10-7)5-3-22-6(8(5)13)4-23-27(18,19)25-28(20,21)24-26(15,16)17/h1-2,5-6,8,13H,3-4H2,(H,18,19)(H,20,21)(H,10,12,14)(H2,15,16,17)/t5-,6-,8+/m0/s1. The minimum atomic E-state index is -5.67. The van der Waals surface area contributed by atoms with Gasteiger partial charge in [-0.05, 0) is 0 Å². The maximum atomic E-state index is 11.7. The molecule has 1 saturated heterocycles. The molecule has 1 aliphatic rings. The van der Waals surface area contributed by atoms with E-state index in [1.165, 1.54) is 0 Å². The van der Waals surface area contributed by atoms with Crippen LogP contribution in [0.4, 0.5) is 0 Å². The fourth-order valence-electron chi connectivity index (χ4n) is 2.22. The Morgan fingerprint density at radius 2 is 1.79 bits per heavy atom. The first-order chi connectivity index (χ1) is 12.7. The smallest absolute Gasteiger partial charge is 0.388 e. The third-order valence-electron chi connectivity index (χ3n) is 3.28. The van der Waals surface area contributed by atoms with E-state index >= 15 is 0 Å². The van der Waals surface area contributed by atoms with Crippen molar-refractivity contribution in [3.05, 3.63) is 33.1 Å². The van der Waals surface area contributed by atoms with Crippen molar-refractivity contribution in [2.24, 2.45) is 0 Å². The van der Waals surface area contributed by atoms with Crippen LogP contribution in [0.25, 0.3) is 0 Å². The monoisotopic (exact) mass is 468 g/mol. The molecule has 6 N–H and O–H groups in total. The third kappa shape index (κ3) is 6.52. The van der Waals surface area contributed by atoms with Gasteiger partial charge in [0.1, 0.15) is 12.2 Å². The van der Waals surface area contributed by atoms with Crippen LogP contribution in [-0.2, 0) is 31.6 Å². The van der Waals surface area contributed by atoms with Crippen molar-refractivity contribution in [2.75, 3.05) is 13.2 Å². The quantitative estimate of drug-likeness (QED) is 0.230. The predicted molar refractivity (Wildman–Crippen MR) is 85.9 cm³/mol. The van der Waals surface area contributed by atoms with Gasteiger partial charge in [-0.25, -0.2) is 18.5 Å². The van der Waals surface area contributed by atoms with Crippen molar-refractivity contribution in [3.63, 3.8) is 0 Å². The molecule has 0 radical (unpaired) electrons.